The van der Waals surface area contributed by atoms with Gasteiger partial charge < -0.3 is 15.0 Å². The van der Waals surface area contributed by atoms with E-state index in [-0.39, 0.29) is 18.0 Å². The molecule has 0 unspecified atom stereocenters. The van der Waals surface area contributed by atoms with Crippen LogP contribution in [0.5, 0.6) is 0 Å². The van der Waals surface area contributed by atoms with Crippen molar-refractivity contribution in [1.29, 1.82) is 0 Å². The smallest absolute Gasteiger partial charge is 0.260 e. The molecule has 18 heavy (non-hydrogen) atoms. The van der Waals surface area contributed by atoms with Gasteiger partial charge in [-0.3, -0.25) is 9.59 Å². The van der Waals surface area contributed by atoms with Crippen LogP contribution in [-0.4, -0.2) is 39.6 Å². The molecule has 0 bridgehead atoms. The van der Waals surface area contributed by atoms with Crippen LogP contribution in [-0.2, 0) is 0 Å². The Bertz CT molecular complexity index is 486. The lowest BCUT2D eigenvalue weighted by molar-refractivity contribution is 0.0313. The van der Waals surface area contributed by atoms with Gasteiger partial charge in [0.1, 0.15) is 5.56 Å². The van der Waals surface area contributed by atoms with Crippen LogP contribution >= 0.6 is 0 Å². The molecule has 1 amide bonds. The van der Waals surface area contributed by atoms with E-state index in [1.54, 1.807) is 26.8 Å². The summed E-state index contributed by atoms with van der Waals surface area (Å²) in [6.07, 6.45) is 0. The second-order valence-corrected chi connectivity index (χ2v) is 5.02. The van der Waals surface area contributed by atoms with Crippen LogP contribution in [0.1, 0.15) is 36.8 Å². The average Bonchev–Trinajstić information content (AvgIpc) is 2.24. The Labute approximate surface area is 106 Å². The van der Waals surface area contributed by atoms with Crippen molar-refractivity contribution in [2.75, 3.05) is 13.1 Å². The molecule has 1 rings (SSSR count). The van der Waals surface area contributed by atoms with E-state index >= 15 is 0 Å². The summed E-state index contributed by atoms with van der Waals surface area (Å²) in [5.41, 5.74) is -0.564. The largest absolute Gasteiger partial charge is 0.389 e. The zero-order chi connectivity index (χ0) is 13.9. The molecule has 0 radical (unpaired) electrons. The summed E-state index contributed by atoms with van der Waals surface area (Å²) in [6, 6.07) is 3.20. The van der Waals surface area contributed by atoms with E-state index in [0.717, 1.165) is 0 Å². The number of nitrogens with zero attached hydrogens (tertiary/aromatic N) is 1. The second kappa shape index (κ2) is 5.35. The number of carbonyl (C=O) groups is 1. The maximum absolute atomic E-state index is 12.2. The van der Waals surface area contributed by atoms with Gasteiger partial charge in [-0.2, -0.15) is 0 Å². The molecule has 5 nitrogen and oxygen atoms in total. The minimum absolute atomic E-state index is 0.103. The van der Waals surface area contributed by atoms with E-state index in [0.29, 0.717) is 12.2 Å². The van der Waals surface area contributed by atoms with Gasteiger partial charge in [0.25, 0.3) is 11.5 Å². The highest BCUT2D eigenvalue weighted by Crippen LogP contribution is 2.08. The van der Waals surface area contributed by atoms with Crippen molar-refractivity contribution in [1.82, 2.24) is 9.88 Å². The number of nitrogens with one attached hydrogen (secondary N) is 1. The molecule has 5 heteroatoms. The lowest BCUT2D eigenvalue weighted by atomic mass is 10.1. The summed E-state index contributed by atoms with van der Waals surface area (Å²) < 4.78 is 0. The van der Waals surface area contributed by atoms with E-state index < -0.39 is 11.2 Å². The minimum atomic E-state index is -0.983. The van der Waals surface area contributed by atoms with Gasteiger partial charge in [0.15, 0.2) is 0 Å². The van der Waals surface area contributed by atoms with Crippen molar-refractivity contribution in [2.45, 2.75) is 33.3 Å². The molecular formula is C13H20N2O3. The molecule has 0 aliphatic heterocycles. The Morgan fingerprint density at radius 3 is 2.50 bits per heavy atom. The predicted molar refractivity (Wildman–Crippen MR) is 69.7 cm³/mol. The highest BCUT2D eigenvalue weighted by Gasteiger charge is 2.23. The lowest BCUT2D eigenvalue weighted by Crippen LogP contribution is -2.43. The van der Waals surface area contributed by atoms with E-state index in [9.17, 15) is 14.7 Å². The standard InChI is InChI=1S/C13H20N2O3/c1-5-15(8-13(3,4)18)12(17)10-7-6-9(2)14-11(10)16/h6-7,18H,5,8H2,1-4H3,(H,14,16). The molecule has 0 atom stereocenters. The molecular weight excluding hydrogens is 232 g/mol. The van der Waals surface area contributed by atoms with Gasteiger partial charge in [0.05, 0.1) is 5.60 Å². The van der Waals surface area contributed by atoms with Crippen LogP contribution in [0, 0.1) is 6.92 Å². The first-order valence-corrected chi connectivity index (χ1v) is 5.96. The third-order valence-electron chi connectivity index (χ3n) is 2.53. The Morgan fingerprint density at radius 2 is 2.06 bits per heavy atom. The van der Waals surface area contributed by atoms with Gasteiger partial charge in [-0.1, -0.05) is 0 Å². The summed E-state index contributed by atoms with van der Waals surface area (Å²) in [7, 11) is 0. The second-order valence-electron chi connectivity index (χ2n) is 5.02. The predicted octanol–water partition coefficient (Wildman–Crippen LogP) is 0.916. The summed E-state index contributed by atoms with van der Waals surface area (Å²) in [6.45, 7) is 7.45. The maximum atomic E-state index is 12.2. The molecule has 0 spiro atoms. The highest BCUT2D eigenvalue weighted by molar-refractivity contribution is 5.93. The number of aliphatic hydroxyl groups is 1. The van der Waals surface area contributed by atoms with Crippen LogP contribution in [0.4, 0.5) is 0 Å². The van der Waals surface area contributed by atoms with E-state index in [1.807, 2.05) is 6.92 Å². The fourth-order valence-corrected chi connectivity index (χ4v) is 1.71. The van der Waals surface area contributed by atoms with Gasteiger partial charge in [-0.25, -0.2) is 0 Å². The molecule has 0 saturated heterocycles. The monoisotopic (exact) mass is 252 g/mol. The normalized spacial score (nSPS) is 11.4. The quantitative estimate of drug-likeness (QED) is 0.836. The van der Waals surface area contributed by atoms with E-state index in [2.05, 4.69) is 4.98 Å². The zero-order valence-electron chi connectivity index (χ0n) is 11.3. The lowest BCUT2D eigenvalue weighted by Gasteiger charge is -2.27. The summed E-state index contributed by atoms with van der Waals surface area (Å²) >= 11 is 0. The number of likely N-dealkylation sites (N-methyl/N-ethyl adjacent to an activating group) is 1. The van der Waals surface area contributed by atoms with Crippen LogP contribution < -0.4 is 5.56 Å². The number of H-pyrrole nitrogens is 1. The molecule has 1 aromatic rings. The Morgan fingerprint density at radius 1 is 1.44 bits per heavy atom. The first-order valence-electron chi connectivity index (χ1n) is 5.96. The SMILES string of the molecule is CCN(CC(C)(C)O)C(=O)c1ccc(C)[nH]c1=O. The molecule has 1 aromatic heterocycles. The van der Waals surface area contributed by atoms with Crippen molar-refractivity contribution in [3.8, 4) is 0 Å². The minimum Gasteiger partial charge on any atom is -0.389 e. The van der Waals surface area contributed by atoms with Crippen molar-refractivity contribution >= 4 is 5.91 Å². The van der Waals surface area contributed by atoms with Crippen molar-refractivity contribution in [3.63, 3.8) is 0 Å². The fraction of sp³-hybridized carbons (Fsp3) is 0.538. The summed E-state index contributed by atoms with van der Waals surface area (Å²) in [5, 5.41) is 9.75. The third kappa shape index (κ3) is 3.70. The van der Waals surface area contributed by atoms with Crippen LogP contribution in [0.25, 0.3) is 0 Å². The molecule has 0 aliphatic carbocycles. The van der Waals surface area contributed by atoms with Crippen LogP contribution in [0.15, 0.2) is 16.9 Å². The molecule has 0 aromatic carbocycles. The van der Waals surface area contributed by atoms with Gasteiger partial charge >= 0.3 is 0 Å². The molecule has 1 heterocycles. The summed E-state index contributed by atoms with van der Waals surface area (Å²) in [5.74, 6) is -0.360. The number of hydrogen-bond acceptors (Lipinski definition) is 3. The molecule has 0 aliphatic rings. The molecule has 100 valence electrons. The van der Waals surface area contributed by atoms with Gasteiger partial charge in [0.2, 0.25) is 0 Å². The first kappa shape index (κ1) is 14.4. The van der Waals surface area contributed by atoms with E-state index in [4.69, 9.17) is 0 Å². The maximum Gasteiger partial charge on any atom is 0.260 e. The third-order valence-corrected chi connectivity index (χ3v) is 2.53. The number of aryl methyl sites for hydroxylation is 1. The van der Waals surface area contributed by atoms with Gasteiger partial charge in [-0.15, -0.1) is 0 Å². The van der Waals surface area contributed by atoms with Crippen LogP contribution in [0.2, 0.25) is 0 Å². The molecule has 2 N–H and O–H groups in total. The number of carbonyl (C=O) groups excluding carboxylic acids is 1. The van der Waals surface area contributed by atoms with Crippen LogP contribution in [0.3, 0.4) is 0 Å². The van der Waals surface area contributed by atoms with Crippen molar-refractivity contribution in [2.24, 2.45) is 0 Å². The highest BCUT2D eigenvalue weighted by atomic mass is 16.3. The Balaban J connectivity index is 3.01. The van der Waals surface area contributed by atoms with Crippen molar-refractivity contribution < 1.29 is 9.90 Å². The first-order chi connectivity index (χ1) is 8.24. The van der Waals surface area contributed by atoms with E-state index in [1.165, 1.54) is 11.0 Å². The molecule has 0 saturated carbocycles. The average molecular weight is 252 g/mol. The van der Waals surface area contributed by atoms with Crippen molar-refractivity contribution in [3.05, 3.63) is 33.7 Å². The zero-order valence-corrected chi connectivity index (χ0v) is 11.3. The number of pyridine rings is 1. The number of hydrogen-bond donors (Lipinski definition) is 2. The number of aromatic amines is 1. The molecule has 0 fully saturated rings. The van der Waals surface area contributed by atoms with Gasteiger partial charge in [-0.05, 0) is 39.8 Å². The number of rotatable bonds is 4. The Kier molecular flexibility index (Phi) is 4.29. The number of aromatic nitrogens is 1. The topological polar surface area (TPSA) is 73.4 Å². The Hall–Kier alpha value is -1.62. The van der Waals surface area contributed by atoms with Gasteiger partial charge in [0, 0.05) is 18.8 Å². The summed E-state index contributed by atoms with van der Waals surface area (Å²) in [4.78, 5) is 27.9. The number of amides is 1. The fourth-order valence-electron chi connectivity index (χ4n) is 1.71.